The first kappa shape index (κ1) is 17.1. The molecule has 7 nitrogen and oxygen atoms in total. The zero-order valence-corrected chi connectivity index (χ0v) is 15.0. The van der Waals surface area contributed by atoms with Gasteiger partial charge in [0.15, 0.2) is 5.69 Å². The third kappa shape index (κ3) is 3.40. The predicted molar refractivity (Wildman–Crippen MR) is 96.0 cm³/mol. The number of aryl methyl sites for hydroxylation is 3. The Hall–Kier alpha value is -2.70. The van der Waals surface area contributed by atoms with Crippen molar-refractivity contribution in [3.63, 3.8) is 0 Å². The van der Waals surface area contributed by atoms with Crippen LogP contribution in [-0.2, 0) is 0 Å². The lowest BCUT2D eigenvalue weighted by molar-refractivity contribution is 0.0665. The van der Waals surface area contributed by atoms with E-state index in [1.54, 1.807) is 18.7 Å². The van der Waals surface area contributed by atoms with E-state index in [0.29, 0.717) is 31.0 Å². The number of rotatable bonds is 2. The van der Waals surface area contributed by atoms with Gasteiger partial charge in [-0.05, 0) is 39.8 Å². The molecule has 0 aromatic carbocycles. The van der Waals surface area contributed by atoms with Crippen LogP contribution >= 0.6 is 0 Å². The van der Waals surface area contributed by atoms with Gasteiger partial charge in [-0.3, -0.25) is 9.59 Å². The molecule has 132 valence electrons. The number of nitrogens with zero attached hydrogens (tertiary/aromatic N) is 4. The van der Waals surface area contributed by atoms with Crippen LogP contribution in [-0.4, -0.2) is 51.4 Å². The van der Waals surface area contributed by atoms with Crippen molar-refractivity contribution in [3.8, 4) is 0 Å². The van der Waals surface area contributed by atoms with Crippen molar-refractivity contribution in [2.24, 2.45) is 0 Å². The van der Waals surface area contributed by atoms with Crippen LogP contribution in [0.15, 0.2) is 23.0 Å². The van der Waals surface area contributed by atoms with Crippen LogP contribution in [0.4, 0.5) is 5.82 Å². The summed E-state index contributed by atoms with van der Waals surface area (Å²) >= 11 is 0. The molecule has 2 aromatic heterocycles. The molecule has 0 aliphatic carbocycles. The second kappa shape index (κ2) is 6.66. The first-order chi connectivity index (χ1) is 11.9. The maximum Gasteiger partial charge on any atom is 0.279 e. The molecule has 0 radical (unpaired) electrons. The average Bonchev–Trinajstić information content (AvgIpc) is 2.57. The Bertz CT molecular complexity index is 861. The van der Waals surface area contributed by atoms with E-state index in [-0.39, 0.29) is 17.6 Å². The summed E-state index contributed by atoms with van der Waals surface area (Å²) in [4.78, 5) is 40.3. The SMILES string of the molecule is Cc1cccc(N2CCN(C(=O)c3nc(C)c(C)[nH]c3=O)[C@@H](C)C2)n1. The van der Waals surface area contributed by atoms with Crippen LogP contribution < -0.4 is 10.5 Å². The minimum atomic E-state index is -0.428. The normalized spacial score (nSPS) is 17.7. The lowest BCUT2D eigenvalue weighted by atomic mass is 10.1. The smallest absolute Gasteiger partial charge is 0.279 e. The van der Waals surface area contributed by atoms with Crippen molar-refractivity contribution in [1.82, 2.24) is 19.9 Å². The van der Waals surface area contributed by atoms with E-state index in [2.05, 4.69) is 19.9 Å². The van der Waals surface area contributed by atoms with Crippen LogP contribution in [0.2, 0.25) is 0 Å². The molecule has 0 saturated carbocycles. The summed E-state index contributed by atoms with van der Waals surface area (Å²) in [6.45, 7) is 9.38. The summed E-state index contributed by atoms with van der Waals surface area (Å²) in [5.41, 5.74) is 1.86. The lowest BCUT2D eigenvalue weighted by Crippen LogP contribution is -2.55. The topological polar surface area (TPSA) is 82.2 Å². The Labute approximate surface area is 146 Å². The number of aromatic amines is 1. The van der Waals surface area contributed by atoms with Crippen molar-refractivity contribution in [2.75, 3.05) is 24.5 Å². The highest BCUT2D eigenvalue weighted by Gasteiger charge is 2.30. The standard InChI is InChI=1S/C18H23N5O2/c1-11-6-5-7-15(19-11)22-8-9-23(12(2)10-22)18(25)16-17(24)21-14(4)13(3)20-16/h5-7,12H,8-10H2,1-4H3,(H,21,24)/t12-/m0/s1. The number of anilines is 1. The van der Waals surface area contributed by atoms with Crippen LogP contribution in [0, 0.1) is 20.8 Å². The van der Waals surface area contributed by atoms with Gasteiger partial charge in [0.1, 0.15) is 5.82 Å². The minimum absolute atomic E-state index is 0.0305. The number of piperazine rings is 1. The number of hydrogen-bond donors (Lipinski definition) is 1. The van der Waals surface area contributed by atoms with Gasteiger partial charge in [-0.25, -0.2) is 9.97 Å². The number of carbonyl (C=O) groups is 1. The molecule has 1 atom stereocenters. The second-order valence-corrected chi connectivity index (χ2v) is 6.56. The number of pyridine rings is 1. The number of hydrogen-bond acceptors (Lipinski definition) is 5. The monoisotopic (exact) mass is 341 g/mol. The summed E-state index contributed by atoms with van der Waals surface area (Å²) in [5.74, 6) is 0.606. The van der Waals surface area contributed by atoms with Crippen LogP contribution in [0.3, 0.4) is 0 Å². The number of carbonyl (C=O) groups excluding carboxylic acids is 1. The summed E-state index contributed by atoms with van der Waals surface area (Å²) in [5, 5.41) is 0. The lowest BCUT2D eigenvalue weighted by Gasteiger charge is -2.40. The van der Waals surface area contributed by atoms with E-state index in [1.165, 1.54) is 0 Å². The maximum absolute atomic E-state index is 12.8. The molecule has 3 heterocycles. The molecule has 25 heavy (non-hydrogen) atoms. The zero-order chi connectivity index (χ0) is 18.1. The molecular weight excluding hydrogens is 318 g/mol. The highest BCUT2D eigenvalue weighted by molar-refractivity contribution is 5.92. The number of amides is 1. The van der Waals surface area contributed by atoms with Crippen LogP contribution in [0.5, 0.6) is 0 Å². The van der Waals surface area contributed by atoms with Crippen molar-refractivity contribution in [3.05, 3.63) is 51.3 Å². The first-order valence-corrected chi connectivity index (χ1v) is 8.44. The van der Waals surface area contributed by atoms with Crippen molar-refractivity contribution < 1.29 is 4.79 Å². The zero-order valence-electron chi connectivity index (χ0n) is 15.0. The molecule has 0 unspecified atom stereocenters. The Balaban J connectivity index is 1.79. The third-order valence-electron chi connectivity index (χ3n) is 4.63. The van der Waals surface area contributed by atoms with E-state index < -0.39 is 5.56 Å². The number of nitrogens with one attached hydrogen (secondary N) is 1. The quantitative estimate of drug-likeness (QED) is 0.894. The third-order valence-corrected chi connectivity index (χ3v) is 4.63. The number of H-pyrrole nitrogens is 1. The van der Waals surface area contributed by atoms with Gasteiger partial charge in [0.05, 0.1) is 5.69 Å². The Morgan fingerprint density at radius 1 is 1.20 bits per heavy atom. The van der Waals surface area contributed by atoms with Gasteiger partial charge in [-0.15, -0.1) is 0 Å². The van der Waals surface area contributed by atoms with E-state index in [0.717, 1.165) is 11.5 Å². The molecule has 1 saturated heterocycles. The van der Waals surface area contributed by atoms with Crippen molar-refractivity contribution in [2.45, 2.75) is 33.7 Å². The van der Waals surface area contributed by atoms with Gasteiger partial charge in [-0.1, -0.05) is 6.07 Å². The molecule has 2 aromatic rings. The van der Waals surface area contributed by atoms with E-state index in [4.69, 9.17) is 0 Å². The van der Waals surface area contributed by atoms with E-state index in [9.17, 15) is 9.59 Å². The highest BCUT2D eigenvalue weighted by Crippen LogP contribution is 2.18. The fourth-order valence-corrected chi connectivity index (χ4v) is 3.08. The van der Waals surface area contributed by atoms with Crippen LogP contribution in [0.25, 0.3) is 0 Å². The Kier molecular flexibility index (Phi) is 4.57. The fourth-order valence-electron chi connectivity index (χ4n) is 3.08. The highest BCUT2D eigenvalue weighted by atomic mass is 16.2. The largest absolute Gasteiger partial charge is 0.353 e. The maximum atomic E-state index is 12.8. The molecule has 0 spiro atoms. The van der Waals surface area contributed by atoms with Gasteiger partial charge < -0.3 is 14.8 Å². The summed E-state index contributed by atoms with van der Waals surface area (Å²) in [7, 11) is 0. The molecule has 1 aliphatic heterocycles. The Morgan fingerprint density at radius 3 is 2.64 bits per heavy atom. The van der Waals surface area contributed by atoms with Gasteiger partial charge >= 0.3 is 0 Å². The molecule has 3 rings (SSSR count). The van der Waals surface area contributed by atoms with Crippen molar-refractivity contribution >= 4 is 11.7 Å². The van der Waals surface area contributed by atoms with Crippen LogP contribution in [0.1, 0.15) is 34.5 Å². The molecule has 1 aliphatic rings. The molecular formula is C18H23N5O2. The molecule has 7 heteroatoms. The molecule has 0 bridgehead atoms. The molecule has 1 fully saturated rings. The van der Waals surface area contributed by atoms with E-state index in [1.807, 2.05) is 32.0 Å². The van der Waals surface area contributed by atoms with Gasteiger partial charge in [-0.2, -0.15) is 0 Å². The second-order valence-electron chi connectivity index (χ2n) is 6.56. The predicted octanol–water partition coefficient (Wildman–Crippen LogP) is 1.44. The Morgan fingerprint density at radius 2 is 1.96 bits per heavy atom. The van der Waals surface area contributed by atoms with Gasteiger partial charge in [0.25, 0.3) is 11.5 Å². The van der Waals surface area contributed by atoms with Gasteiger partial charge in [0.2, 0.25) is 0 Å². The summed E-state index contributed by atoms with van der Waals surface area (Å²) < 4.78 is 0. The summed E-state index contributed by atoms with van der Waals surface area (Å²) in [6.07, 6.45) is 0. The first-order valence-electron chi connectivity index (χ1n) is 8.44. The summed E-state index contributed by atoms with van der Waals surface area (Å²) in [6, 6.07) is 5.89. The van der Waals surface area contributed by atoms with E-state index >= 15 is 0 Å². The van der Waals surface area contributed by atoms with Crippen molar-refractivity contribution in [1.29, 1.82) is 0 Å². The molecule has 1 N–H and O–H groups in total. The average molecular weight is 341 g/mol. The number of aromatic nitrogens is 3. The molecule has 1 amide bonds. The van der Waals surface area contributed by atoms with Gasteiger partial charge in [0, 0.05) is 37.1 Å². The fraction of sp³-hybridized carbons (Fsp3) is 0.444. The minimum Gasteiger partial charge on any atom is -0.353 e.